The van der Waals surface area contributed by atoms with Crippen molar-refractivity contribution in [3.05, 3.63) is 12.4 Å². The molecule has 0 radical (unpaired) electrons. The van der Waals surface area contributed by atoms with Gasteiger partial charge >= 0.3 is 0 Å². The van der Waals surface area contributed by atoms with E-state index in [2.05, 4.69) is 5.10 Å². The summed E-state index contributed by atoms with van der Waals surface area (Å²) in [6.07, 6.45) is 5.71. The maximum absolute atomic E-state index is 11.1. The molecule has 0 spiro atoms. The van der Waals surface area contributed by atoms with Crippen molar-refractivity contribution in [1.82, 2.24) is 9.78 Å². The summed E-state index contributed by atoms with van der Waals surface area (Å²) in [6.45, 7) is 0. The van der Waals surface area contributed by atoms with Gasteiger partial charge in [0, 0.05) is 6.20 Å². The highest BCUT2D eigenvalue weighted by Crippen LogP contribution is 2.28. The number of aromatic nitrogens is 2. The molecular weight excluding hydrogens is 230 g/mol. The lowest BCUT2D eigenvalue weighted by Crippen LogP contribution is -2.27. The topological polar surface area (TPSA) is 98.2 Å². The molecular formula is C9H15N3O3S. The van der Waals surface area contributed by atoms with Crippen LogP contribution in [0.25, 0.3) is 0 Å². The minimum Gasteiger partial charge on any atom is -0.391 e. The van der Waals surface area contributed by atoms with Gasteiger partial charge < -0.3 is 5.11 Å². The zero-order valence-corrected chi connectivity index (χ0v) is 9.60. The van der Waals surface area contributed by atoms with Gasteiger partial charge in [0.25, 0.3) is 0 Å². The molecule has 16 heavy (non-hydrogen) atoms. The third kappa shape index (κ3) is 2.26. The first-order valence-electron chi connectivity index (χ1n) is 5.23. The minimum atomic E-state index is -3.70. The average molecular weight is 245 g/mol. The van der Waals surface area contributed by atoms with Crippen molar-refractivity contribution in [2.24, 2.45) is 5.14 Å². The van der Waals surface area contributed by atoms with Crippen molar-refractivity contribution in [1.29, 1.82) is 0 Å². The van der Waals surface area contributed by atoms with Crippen molar-refractivity contribution in [2.75, 3.05) is 0 Å². The van der Waals surface area contributed by atoms with Crippen molar-refractivity contribution < 1.29 is 13.5 Å². The maximum atomic E-state index is 11.1. The van der Waals surface area contributed by atoms with Gasteiger partial charge in [-0.15, -0.1) is 0 Å². The van der Waals surface area contributed by atoms with Crippen molar-refractivity contribution in [3.8, 4) is 0 Å². The molecule has 0 saturated heterocycles. The highest BCUT2D eigenvalue weighted by Gasteiger charge is 2.26. The Hall–Kier alpha value is -0.920. The molecule has 2 rings (SSSR count). The van der Waals surface area contributed by atoms with Crippen molar-refractivity contribution >= 4 is 10.0 Å². The highest BCUT2D eigenvalue weighted by molar-refractivity contribution is 7.89. The summed E-state index contributed by atoms with van der Waals surface area (Å²) in [5.74, 6) is 0. The van der Waals surface area contributed by atoms with Gasteiger partial charge in [-0.3, -0.25) is 4.68 Å². The monoisotopic (exact) mass is 245 g/mol. The molecule has 0 aromatic carbocycles. The maximum Gasteiger partial charge on any atom is 0.241 e. The molecule has 1 fully saturated rings. The van der Waals surface area contributed by atoms with Crippen LogP contribution in [0.15, 0.2) is 17.3 Å². The number of sulfonamides is 1. The highest BCUT2D eigenvalue weighted by atomic mass is 32.2. The number of aliphatic hydroxyl groups is 1. The number of primary sulfonamides is 1. The van der Waals surface area contributed by atoms with Crippen molar-refractivity contribution in [3.63, 3.8) is 0 Å². The molecule has 1 aromatic rings. The number of nitrogens with two attached hydrogens (primary N) is 1. The first kappa shape index (κ1) is 11.6. The molecule has 1 aromatic heterocycles. The van der Waals surface area contributed by atoms with Crippen LogP contribution < -0.4 is 5.14 Å². The summed E-state index contributed by atoms with van der Waals surface area (Å²) < 4.78 is 23.6. The van der Waals surface area contributed by atoms with E-state index in [0.717, 1.165) is 25.7 Å². The van der Waals surface area contributed by atoms with Gasteiger partial charge in [0.2, 0.25) is 10.0 Å². The SMILES string of the molecule is NS(=O)(=O)c1cnn(C2CCCCC2O)c1. The smallest absolute Gasteiger partial charge is 0.241 e. The summed E-state index contributed by atoms with van der Waals surface area (Å²) >= 11 is 0. The lowest BCUT2D eigenvalue weighted by Gasteiger charge is -2.27. The first-order valence-corrected chi connectivity index (χ1v) is 6.78. The minimum absolute atomic E-state index is 0.00901. The fourth-order valence-electron chi connectivity index (χ4n) is 2.05. The van der Waals surface area contributed by atoms with E-state index in [4.69, 9.17) is 5.14 Å². The summed E-state index contributed by atoms with van der Waals surface area (Å²) in [6, 6.07) is -0.135. The second kappa shape index (κ2) is 4.15. The van der Waals surface area contributed by atoms with E-state index in [1.54, 1.807) is 0 Å². The molecule has 2 unspecified atom stereocenters. The second-order valence-corrected chi connectivity index (χ2v) is 5.68. The van der Waals surface area contributed by atoms with Crippen LogP contribution in [-0.4, -0.2) is 29.4 Å². The predicted octanol–water partition coefficient (Wildman–Crippen LogP) is 0.00650. The summed E-state index contributed by atoms with van der Waals surface area (Å²) in [5, 5.41) is 18.7. The third-order valence-corrected chi connectivity index (χ3v) is 3.81. The van der Waals surface area contributed by atoms with Crippen LogP contribution in [-0.2, 0) is 10.0 Å². The Kier molecular flexibility index (Phi) is 3.00. The first-order chi connectivity index (χ1) is 7.48. The zero-order valence-electron chi connectivity index (χ0n) is 8.78. The molecule has 0 bridgehead atoms. The Labute approximate surface area is 94.1 Å². The average Bonchev–Trinajstić information content (AvgIpc) is 2.66. The largest absolute Gasteiger partial charge is 0.391 e. The van der Waals surface area contributed by atoms with E-state index in [1.165, 1.54) is 17.1 Å². The lowest BCUT2D eigenvalue weighted by molar-refractivity contribution is 0.0693. The molecule has 1 heterocycles. The summed E-state index contributed by atoms with van der Waals surface area (Å²) in [7, 11) is -3.70. The molecule has 3 N–H and O–H groups in total. The molecule has 2 atom stereocenters. The Morgan fingerprint density at radius 3 is 2.69 bits per heavy atom. The van der Waals surface area contributed by atoms with Crippen LogP contribution in [0, 0.1) is 0 Å². The van der Waals surface area contributed by atoms with Gasteiger partial charge in [0.1, 0.15) is 4.90 Å². The Bertz CT molecular complexity index is 468. The van der Waals surface area contributed by atoms with Crippen LogP contribution in [0.1, 0.15) is 31.7 Å². The van der Waals surface area contributed by atoms with Crippen LogP contribution in [0.2, 0.25) is 0 Å². The van der Waals surface area contributed by atoms with Gasteiger partial charge in [-0.05, 0) is 12.8 Å². The molecule has 1 aliphatic rings. The molecule has 0 aliphatic heterocycles. The molecule has 7 heteroatoms. The molecule has 0 amide bonds. The third-order valence-electron chi connectivity index (χ3n) is 2.94. The van der Waals surface area contributed by atoms with Gasteiger partial charge in [-0.2, -0.15) is 5.10 Å². The van der Waals surface area contributed by atoms with Crippen LogP contribution >= 0.6 is 0 Å². The van der Waals surface area contributed by atoms with Gasteiger partial charge in [0.15, 0.2) is 0 Å². The summed E-state index contributed by atoms with van der Waals surface area (Å²) in [4.78, 5) is -0.00901. The number of hydrogen-bond acceptors (Lipinski definition) is 4. The Balaban J connectivity index is 2.24. The number of hydrogen-bond donors (Lipinski definition) is 2. The van der Waals surface area contributed by atoms with Crippen LogP contribution in [0.3, 0.4) is 0 Å². The van der Waals surface area contributed by atoms with Gasteiger partial charge in [-0.25, -0.2) is 13.6 Å². The van der Waals surface area contributed by atoms with E-state index in [-0.39, 0.29) is 10.9 Å². The molecule has 1 aliphatic carbocycles. The number of nitrogens with zero attached hydrogens (tertiary/aromatic N) is 2. The van der Waals surface area contributed by atoms with E-state index in [1.807, 2.05) is 0 Å². The van der Waals surface area contributed by atoms with Crippen LogP contribution in [0.5, 0.6) is 0 Å². The van der Waals surface area contributed by atoms with E-state index in [9.17, 15) is 13.5 Å². The molecule has 90 valence electrons. The lowest BCUT2D eigenvalue weighted by atomic mass is 9.93. The molecule has 1 saturated carbocycles. The quantitative estimate of drug-likeness (QED) is 0.766. The van der Waals surface area contributed by atoms with Crippen molar-refractivity contribution in [2.45, 2.75) is 42.7 Å². The fourth-order valence-corrected chi connectivity index (χ4v) is 2.50. The second-order valence-electron chi connectivity index (χ2n) is 4.12. The predicted molar refractivity (Wildman–Crippen MR) is 57.1 cm³/mol. The standard InChI is InChI=1S/C9H15N3O3S/c10-16(14,15)7-5-11-12(6-7)8-3-1-2-4-9(8)13/h5-6,8-9,13H,1-4H2,(H2,10,14,15). The van der Waals surface area contributed by atoms with E-state index < -0.39 is 16.1 Å². The van der Waals surface area contributed by atoms with Gasteiger partial charge in [-0.1, -0.05) is 12.8 Å². The zero-order chi connectivity index (χ0) is 11.8. The fraction of sp³-hybridized carbons (Fsp3) is 0.667. The Morgan fingerprint density at radius 1 is 1.44 bits per heavy atom. The normalized spacial score (nSPS) is 26.9. The van der Waals surface area contributed by atoms with Crippen LogP contribution in [0.4, 0.5) is 0 Å². The number of rotatable bonds is 2. The van der Waals surface area contributed by atoms with E-state index in [0.29, 0.717) is 0 Å². The van der Waals surface area contributed by atoms with E-state index >= 15 is 0 Å². The van der Waals surface area contributed by atoms with Gasteiger partial charge in [0.05, 0.1) is 18.3 Å². The molecule has 6 nitrogen and oxygen atoms in total. The number of aliphatic hydroxyl groups excluding tert-OH is 1. The summed E-state index contributed by atoms with van der Waals surface area (Å²) in [5.41, 5.74) is 0. The Morgan fingerprint density at radius 2 is 2.12 bits per heavy atom.